The average Bonchev–Trinajstić information content (AvgIpc) is 1.90. The molecule has 0 saturated heterocycles. The maximum Gasteiger partial charge on any atom is 0.00339 e. The van der Waals surface area contributed by atoms with Gasteiger partial charge in [-0.15, -0.1) is 0 Å². The topological polar surface area (TPSA) is 0 Å². The van der Waals surface area contributed by atoms with Gasteiger partial charge in [-0.2, -0.15) is 0 Å². The summed E-state index contributed by atoms with van der Waals surface area (Å²) in [7, 11) is 0. The summed E-state index contributed by atoms with van der Waals surface area (Å²) in [6.45, 7) is 4.55. The summed E-state index contributed by atoms with van der Waals surface area (Å²) in [5.74, 6) is 0.981. The van der Waals surface area contributed by atoms with E-state index in [1.165, 1.54) is 37.4 Å². The van der Waals surface area contributed by atoms with Gasteiger partial charge in [0.15, 0.2) is 0 Å². The molecule has 10 heavy (non-hydrogen) atoms. The lowest BCUT2D eigenvalue weighted by atomic mass is 9.96. The zero-order chi connectivity index (χ0) is 7.82. The third kappa shape index (κ3) is 5.28. The van der Waals surface area contributed by atoms with Gasteiger partial charge in [0.05, 0.1) is 0 Å². The highest BCUT2D eigenvalue weighted by Crippen LogP contribution is 2.17. The first-order valence-corrected chi connectivity index (χ1v) is 5.53. The number of hydrogen-bond acceptors (Lipinski definition) is 0. The summed E-state index contributed by atoms with van der Waals surface area (Å²) in [6.07, 6.45) is 6.88. The summed E-state index contributed by atoms with van der Waals surface area (Å²) in [5, 5.41) is 1.18. The molecule has 1 heteroatoms. The Bertz CT molecular complexity index is 47.5. The van der Waals surface area contributed by atoms with Gasteiger partial charge in [-0.1, -0.05) is 55.5 Å². The normalized spacial score (nSPS) is 10.8. The van der Waals surface area contributed by atoms with E-state index < -0.39 is 0 Å². The Balaban J connectivity index is 3.30. The van der Waals surface area contributed by atoms with Crippen LogP contribution in [-0.4, -0.2) is 5.33 Å². The van der Waals surface area contributed by atoms with Gasteiger partial charge in [0, 0.05) is 5.33 Å². The summed E-state index contributed by atoms with van der Waals surface area (Å²) < 4.78 is 0. The second-order valence-corrected chi connectivity index (χ2v) is 3.71. The smallest absolute Gasteiger partial charge is 0.00339 e. The largest absolute Gasteiger partial charge is 0.0928 e. The monoisotopic (exact) mass is 206 g/mol. The number of alkyl halides is 1. The Morgan fingerprint density at radius 1 is 1.00 bits per heavy atom. The summed E-state index contributed by atoms with van der Waals surface area (Å²) in [4.78, 5) is 0. The Morgan fingerprint density at radius 2 is 1.50 bits per heavy atom. The van der Waals surface area contributed by atoms with Crippen molar-refractivity contribution in [2.24, 2.45) is 5.92 Å². The van der Waals surface area contributed by atoms with E-state index in [0.29, 0.717) is 0 Å². The van der Waals surface area contributed by atoms with Crippen molar-refractivity contribution in [3.8, 4) is 0 Å². The van der Waals surface area contributed by atoms with Gasteiger partial charge in [-0.3, -0.25) is 0 Å². The minimum absolute atomic E-state index is 0.981. The SMILES string of the molecule is CCCC(CCC)CCBr. The Hall–Kier alpha value is 0.480. The lowest BCUT2D eigenvalue weighted by Crippen LogP contribution is -1.99. The maximum absolute atomic E-state index is 3.49. The molecular formula is C9H19Br. The molecule has 0 atom stereocenters. The minimum Gasteiger partial charge on any atom is -0.0928 e. The molecule has 0 aromatic carbocycles. The van der Waals surface area contributed by atoms with Crippen LogP contribution in [0.5, 0.6) is 0 Å². The fraction of sp³-hybridized carbons (Fsp3) is 1.00. The van der Waals surface area contributed by atoms with Crippen LogP contribution in [-0.2, 0) is 0 Å². The molecule has 0 bridgehead atoms. The van der Waals surface area contributed by atoms with Crippen molar-refractivity contribution in [3.05, 3.63) is 0 Å². The van der Waals surface area contributed by atoms with Crippen molar-refractivity contribution in [2.45, 2.75) is 46.0 Å². The van der Waals surface area contributed by atoms with E-state index in [9.17, 15) is 0 Å². The van der Waals surface area contributed by atoms with Gasteiger partial charge >= 0.3 is 0 Å². The molecule has 0 N–H and O–H groups in total. The van der Waals surface area contributed by atoms with Crippen LogP contribution in [0.15, 0.2) is 0 Å². The average molecular weight is 207 g/mol. The van der Waals surface area contributed by atoms with Gasteiger partial charge in [-0.25, -0.2) is 0 Å². The molecule has 0 spiro atoms. The standard InChI is InChI=1S/C9H19Br/c1-3-5-9(6-4-2)7-8-10/h9H,3-8H2,1-2H3. The van der Waals surface area contributed by atoms with Gasteiger partial charge in [-0.05, 0) is 12.3 Å². The van der Waals surface area contributed by atoms with Crippen LogP contribution in [0.2, 0.25) is 0 Å². The molecule has 0 aliphatic heterocycles. The van der Waals surface area contributed by atoms with Crippen molar-refractivity contribution in [1.82, 2.24) is 0 Å². The highest BCUT2D eigenvalue weighted by molar-refractivity contribution is 9.09. The molecule has 0 fully saturated rings. The quantitative estimate of drug-likeness (QED) is 0.577. The van der Waals surface area contributed by atoms with E-state index in [-0.39, 0.29) is 0 Å². The molecule has 0 aliphatic rings. The Morgan fingerprint density at radius 3 is 1.80 bits per heavy atom. The highest BCUT2D eigenvalue weighted by Gasteiger charge is 2.04. The van der Waals surface area contributed by atoms with E-state index >= 15 is 0 Å². The summed E-state index contributed by atoms with van der Waals surface area (Å²) in [5.41, 5.74) is 0. The zero-order valence-electron chi connectivity index (χ0n) is 7.20. The molecule has 0 amide bonds. The second kappa shape index (κ2) is 7.59. The predicted octanol–water partition coefficient (Wildman–Crippen LogP) is 3.99. The van der Waals surface area contributed by atoms with E-state index in [1.54, 1.807) is 0 Å². The molecular weight excluding hydrogens is 188 g/mol. The molecule has 0 rings (SSSR count). The third-order valence-corrected chi connectivity index (χ3v) is 2.37. The molecule has 0 aliphatic carbocycles. The number of rotatable bonds is 6. The van der Waals surface area contributed by atoms with E-state index in [0.717, 1.165) is 5.92 Å². The van der Waals surface area contributed by atoms with Crippen molar-refractivity contribution in [1.29, 1.82) is 0 Å². The lowest BCUT2D eigenvalue weighted by molar-refractivity contribution is 0.431. The second-order valence-electron chi connectivity index (χ2n) is 2.92. The highest BCUT2D eigenvalue weighted by atomic mass is 79.9. The van der Waals surface area contributed by atoms with Crippen LogP contribution in [0, 0.1) is 5.92 Å². The number of halogens is 1. The van der Waals surface area contributed by atoms with Gasteiger partial charge < -0.3 is 0 Å². The molecule has 0 aromatic rings. The van der Waals surface area contributed by atoms with Crippen LogP contribution in [0.4, 0.5) is 0 Å². The van der Waals surface area contributed by atoms with E-state index in [1.807, 2.05) is 0 Å². The van der Waals surface area contributed by atoms with Crippen molar-refractivity contribution in [2.75, 3.05) is 5.33 Å². The molecule has 0 saturated carbocycles. The molecule has 62 valence electrons. The van der Waals surface area contributed by atoms with E-state index in [2.05, 4.69) is 29.8 Å². The number of hydrogen-bond donors (Lipinski definition) is 0. The minimum atomic E-state index is 0.981. The van der Waals surface area contributed by atoms with Crippen molar-refractivity contribution >= 4 is 15.9 Å². The van der Waals surface area contributed by atoms with Crippen molar-refractivity contribution < 1.29 is 0 Å². The Kier molecular flexibility index (Phi) is 7.95. The molecule has 0 unspecified atom stereocenters. The van der Waals surface area contributed by atoms with Crippen LogP contribution in [0.25, 0.3) is 0 Å². The van der Waals surface area contributed by atoms with Crippen LogP contribution in [0.1, 0.15) is 46.0 Å². The first kappa shape index (κ1) is 10.5. The zero-order valence-corrected chi connectivity index (χ0v) is 8.78. The van der Waals surface area contributed by atoms with Crippen LogP contribution in [0.3, 0.4) is 0 Å². The van der Waals surface area contributed by atoms with Gasteiger partial charge in [0.1, 0.15) is 0 Å². The summed E-state index contributed by atoms with van der Waals surface area (Å²) in [6, 6.07) is 0. The Labute approximate surface area is 73.5 Å². The lowest BCUT2D eigenvalue weighted by Gasteiger charge is -2.12. The maximum atomic E-state index is 3.49. The van der Waals surface area contributed by atoms with Crippen LogP contribution >= 0.6 is 15.9 Å². The van der Waals surface area contributed by atoms with Crippen molar-refractivity contribution in [3.63, 3.8) is 0 Å². The first-order valence-electron chi connectivity index (χ1n) is 4.41. The fourth-order valence-corrected chi connectivity index (χ4v) is 2.05. The molecule has 0 nitrogen and oxygen atoms in total. The predicted molar refractivity (Wildman–Crippen MR) is 51.7 cm³/mol. The molecule has 0 aromatic heterocycles. The van der Waals surface area contributed by atoms with Crippen LogP contribution < -0.4 is 0 Å². The first-order chi connectivity index (χ1) is 4.85. The molecule has 0 heterocycles. The van der Waals surface area contributed by atoms with Gasteiger partial charge in [0.25, 0.3) is 0 Å². The van der Waals surface area contributed by atoms with E-state index in [4.69, 9.17) is 0 Å². The fourth-order valence-electron chi connectivity index (χ4n) is 1.40. The summed E-state index contributed by atoms with van der Waals surface area (Å²) >= 11 is 3.49. The third-order valence-electron chi connectivity index (χ3n) is 1.91. The van der Waals surface area contributed by atoms with Gasteiger partial charge in [0.2, 0.25) is 0 Å². The molecule has 0 radical (unpaired) electrons.